The Morgan fingerprint density at radius 1 is 1.47 bits per heavy atom. The van der Waals surface area contributed by atoms with Crippen LogP contribution in [-0.4, -0.2) is 27.1 Å². The standard InChI is InChI=1S/C10H16N2O2S/c1-9(2,10(3,4)14)12-8(13)7-5-15-6-11-7/h5-6,14H,1-4H3,(H,12,13). The van der Waals surface area contributed by atoms with Crippen molar-refractivity contribution in [1.82, 2.24) is 10.3 Å². The summed E-state index contributed by atoms with van der Waals surface area (Å²) < 4.78 is 0. The van der Waals surface area contributed by atoms with Crippen LogP contribution in [0.5, 0.6) is 0 Å². The lowest BCUT2D eigenvalue weighted by molar-refractivity contribution is -0.00301. The molecule has 1 heterocycles. The Morgan fingerprint density at radius 2 is 2.07 bits per heavy atom. The van der Waals surface area contributed by atoms with E-state index in [1.807, 2.05) is 0 Å². The number of nitrogens with one attached hydrogen (secondary N) is 1. The highest BCUT2D eigenvalue weighted by Gasteiger charge is 2.36. The Balaban J connectivity index is 2.75. The lowest BCUT2D eigenvalue weighted by atomic mass is 9.86. The monoisotopic (exact) mass is 228 g/mol. The zero-order valence-corrected chi connectivity index (χ0v) is 10.2. The van der Waals surface area contributed by atoms with E-state index >= 15 is 0 Å². The molecule has 0 aromatic carbocycles. The average Bonchev–Trinajstić information content (AvgIpc) is 2.51. The number of aromatic nitrogens is 1. The average molecular weight is 228 g/mol. The summed E-state index contributed by atoms with van der Waals surface area (Å²) in [6.07, 6.45) is 0. The molecule has 15 heavy (non-hydrogen) atoms. The fraction of sp³-hybridized carbons (Fsp3) is 0.600. The number of hydrogen-bond acceptors (Lipinski definition) is 4. The maximum atomic E-state index is 11.7. The summed E-state index contributed by atoms with van der Waals surface area (Å²) in [6, 6.07) is 0. The van der Waals surface area contributed by atoms with Crippen LogP contribution in [0.1, 0.15) is 38.2 Å². The van der Waals surface area contributed by atoms with Gasteiger partial charge in [-0.25, -0.2) is 4.98 Å². The van der Waals surface area contributed by atoms with Crippen LogP contribution in [0, 0.1) is 0 Å². The Hall–Kier alpha value is -0.940. The van der Waals surface area contributed by atoms with Gasteiger partial charge in [-0.05, 0) is 27.7 Å². The quantitative estimate of drug-likeness (QED) is 0.822. The van der Waals surface area contributed by atoms with Gasteiger partial charge in [0.15, 0.2) is 0 Å². The predicted molar refractivity (Wildman–Crippen MR) is 60.0 cm³/mol. The van der Waals surface area contributed by atoms with Gasteiger partial charge < -0.3 is 10.4 Å². The Labute approximate surface area is 93.4 Å². The number of thiazole rings is 1. The van der Waals surface area contributed by atoms with Gasteiger partial charge >= 0.3 is 0 Å². The first-order valence-electron chi connectivity index (χ1n) is 4.67. The van der Waals surface area contributed by atoms with Crippen LogP contribution < -0.4 is 5.32 Å². The van der Waals surface area contributed by atoms with Gasteiger partial charge in [-0.15, -0.1) is 11.3 Å². The molecule has 1 rings (SSSR count). The number of carbonyl (C=O) groups excluding carboxylic acids is 1. The second-order valence-corrected chi connectivity index (χ2v) is 5.23. The fourth-order valence-electron chi connectivity index (χ4n) is 0.825. The lowest BCUT2D eigenvalue weighted by Crippen LogP contribution is -2.57. The number of aliphatic hydroxyl groups is 1. The SMILES string of the molecule is CC(C)(O)C(C)(C)NC(=O)c1cscn1. The van der Waals surface area contributed by atoms with E-state index in [9.17, 15) is 9.90 Å². The molecule has 0 aliphatic heterocycles. The molecule has 1 aromatic heterocycles. The summed E-state index contributed by atoms with van der Waals surface area (Å²) in [7, 11) is 0. The molecule has 4 nitrogen and oxygen atoms in total. The minimum Gasteiger partial charge on any atom is -0.388 e. The molecular formula is C10H16N2O2S. The summed E-state index contributed by atoms with van der Waals surface area (Å²) in [4.78, 5) is 15.6. The van der Waals surface area contributed by atoms with E-state index in [1.165, 1.54) is 11.3 Å². The highest BCUT2D eigenvalue weighted by Crippen LogP contribution is 2.20. The van der Waals surface area contributed by atoms with Gasteiger partial charge in [-0.2, -0.15) is 0 Å². The van der Waals surface area contributed by atoms with Crippen molar-refractivity contribution in [3.63, 3.8) is 0 Å². The second-order valence-electron chi connectivity index (χ2n) is 4.51. The highest BCUT2D eigenvalue weighted by atomic mass is 32.1. The number of rotatable bonds is 3. The first-order chi connectivity index (χ1) is 6.74. The van der Waals surface area contributed by atoms with Gasteiger partial charge in [0, 0.05) is 5.38 Å². The summed E-state index contributed by atoms with van der Waals surface area (Å²) in [5.41, 5.74) is 0.301. The van der Waals surface area contributed by atoms with Crippen LogP contribution in [0.2, 0.25) is 0 Å². The minimum atomic E-state index is -0.987. The predicted octanol–water partition coefficient (Wildman–Crippen LogP) is 1.42. The van der Waals surface area contributed by atoms with Crippen molar-refractivity contribution >= 4 is 17.2 Å². The molecule has 0 bridgehead atoms. The zero-order chi connectivity index (χ0) is 11.7. The van der Waals surface area contributed by atoms with Crippen LogP contribution in [0.4, 0.5) is 0 Å². The zero-order valence-electron chi connectivity index (χ0n) is 9.37. The molecule has 0 aliphatic rings. The molecule has 0 atom stereocenters. The van der Waals surface area contributed by atoms with Crippen LogP contribution in [-0.2, 0) is 0 Å². The van der Waals surface area contributed by atoms with Gasteiger partial charge in [-0.1, -0.05) is 0 Å². The Morgan fingerprint density at radius 3 is 2.47 bits per heavy atom. The molecule has 0 aliphatic carbocycles. The van der Waals surface area contributed by atoms with Gasteiger partial charge in [0.2, 0.25) is 0 Å². The first kappa shape index (κ1) is 12.1. The lowest BCUT2D eigenvalue weighted by Gasteiger charge is -2.37. The third-order valence-electron chi connectivity index (χ3n) is 2.62. The molecule has 84 valence electrons. The molecule has 1 amide bonds. The third kappa shape index (κ3) is 2.76. The van der Waals surface area contributed by atoms with Crippen LogP contribution in [0.15, 0.2) is 10.9 Å². The molecule has 0 saturated heterocycles. The van der Waals surface area contributed by atoms with Crippen LogP contribution in [0.3, 0.4) is 0 Å². The van der Waals surface area contributed by atoms with E-state index < -0.39 is 11.1 Å². The number of nitrogens with zero attached hydrogens (tertiary/aromatic N) is 1. The molecule has 0 saturated carbocycles. The maximum Gasteiger partial charge on any atom is 0.271 e. The minimum absolute atomic E-state index is 0.261. The topological polar surface area (TPSA) is 62.2 Å². The second kappa shape index (κ2) is 3.90. The van der Waals surface area contributed by atoms with Crippen molar-refractivity contribution in [2.45, 2.75) is 38.8 Å². The Kier molecular flexibility index (Phi) is 3.16. The molecule has 0 radical (unpaired) electrons. The van der Waals surface area contributed by atoms with Crippen LogP contribution >= 0.6 is 11.3 Å². The van der Waals surface area contributed by atoms with Gasteiger partial charge in [0.1, 0.15) is 5.69 Å². The highest BCUT2D eigenvalue weighted by molar-refractivity contribution is 7.07. The molecule has 0 spiro atoms. The molecule has 1 aromatic rings. The molecule has 0 fully saturated rings. The van der Waals surface area contributed by atoms with E-state index in [4.69, 9.17) is 0 Å². The number of carbonyl (C=O) groups is 1. The van der Waals surface area contributed by atoms with Crippen molar-refractivity contribution in [3.05, 3.63) is 16.6 Å². The van der Waals surface area contributed by atoms with Crippen molar-refractivity contribution in [1.29, 1.82) is 0 Å². The van der Waals surface area contributed by atoms with Crippen LogP contribution in [0.25, 0.3) is 0 Å². The summed E-state index contributed by atoms with van der Waals surface area (Å²) in [5, 5.41) is 14.3. The van der Waals surface area contributed by atoms with Crippen molar-refractivity contribution < 1.29 is 9.90 Å². The largest absolute Gasteiger partial charge is 0.388 e. The summed E-state index contributed by atoms with van der Waals surface area (Å²) in [6.45, 7) is 6.87. The number of hydrogen-bond donors (Lipinski definition) is 2. The molecule has 2 N–H and O–H groups in total. The third-order valence-corrected chi connectivity index (χ3v) is 3.21. The van der Waals surface area contributed by atoms with E-state index in [-0.39, 0.29) is 5.91 Å². The van der Waals surface area contributed by atoms with E-state index in [0.29, 0.717) is 5.69 Å². The molecule has 0 unspecified atom stereocenters. The van der Waals surface area contributed by atoms with Gasteiger partial charge in [0.05, 0.1) is 16.7 Å². The summed E-state index contributed by atoms with van der Waals surface area (Å²) in [5.74, 6) is -0.261. The molecule has 5 heteroatoms. The van der Waals surface area contributed by atoms with E-state index in [2.05, 4.69) is 10.3 Å². The summed E-state index contributed by atoms with van der Waals surface area (Å²) >= 11 is 1.37. The van der Waals surface area contributed by atoms with E-state index in [1.54, 1.807) is 38.6 Å². The van der Waals surface area contributed by atoms with Crippen molar-refractivity contribution in [2.24, 2.45) is 0 Å². The Bertz CT molecular complexity index is 339. The maximum absolute atomic E-state index is 11.7. The van der Waals surface area contributed by atoms with Crippen molar-refractivity contribution in [3.8, 4) is 0 Å². The van der Waals surface area contributed by atoms with Gasteiger partial charge in [-0.3, -0.25) is 4.79 Å². The fourth-order valence-corrected chi connectivity index (χ4v) is 1.36. The van der Waals surface area contributed by atoms with Gasteiger partial charge in [0.25, 0.3) is 5.91 Å². The smallest absolute Gasteiger partial charge is 0.271 e. The first-order valence-corrected chi connectivity index (χ1v) is 5.61. The normalized spacial score (nSPS) is 12.6. The van der Waals surface area contributed by atoms with E-state index in [0.717, 1.165) is 0 Å². The van der Waals surface area contributed by atoms with Crippen molar-refractivity contribution in [2.75, 3.05) is 0 Å². The molecular weight excluding hydrogens is 212 g/mol. The number of amides is 1.